The first-order valence-electron chi connectivity index (χ1n) is 25.7. The normalized spacial score (nSPS) is 18.9. The number of urea groups is 1. The number of anilines is 4. The number of aromatic nitrogens is 9. The van der Waals surface area contributed by atoms with Crippen molar-refractivity contribution in [3.8, 4) is 5.75 Å². The van der Waals surface area contributed by atoms with E-state index in [-0.39, 0.29) is 24.3 Å². The average molecular weight is 1020 g/mol. The van der Waals surface area contributed by atoms with Crippen LogP contribution in [0, 0.1) is 5.92 Å². The first-order chi connectivity index (χ1) is 36.3. The zero-order valence-corrected chi connectivity index (χ0v) is 42.7. The van der Waals surface area contributed by atoms with Crippen molar-refractivity contribution >= 4 is 74.7 Å². The Bertz CT molecular complexity index is 3390. The molecule has 8 aromatic rings. The Labute approximate surface area is 432 Å². The highest BCUT2D eigenvalue weighted by Crippen LogP contribution is 2.35. The largest absolute Gasteiger partial charge is 0.496 e. The molecular formula is C53H62N16O6. The molecule has 4 aliphatic rings. The van der Waals surface area contributed by atoms with Crippen LogP contribution >= 0.6 is 0 Å². The van der Waals surface area contributed by atoms with Crippen molar-refractivity contribution in [2.45, 2.75) is 64.5 Å². The SMILES string of the molecule is CC(C)(C)OC(=O)N1CCN(c2cccn3cncc23)CC1.COc1cc2nn(C3CCC(CN4CCN(c5cccn6c(N7CCC(=O)NC7=O)ncc56)CC4)CC3)cc2cc1C(=O)Nc1cnc2cccnn12. The van der Waals surface area contributed by atoms with Crippen molar-refractivity contribution in [2.75, 3.05) is 92.6 Å². The summed E-state index contributed by atoms with van der Waals surface area (Å²) in [5, 5.41) is 15.4. The molecule has 2 N–H and O–H groups in total. The Balaban J connectivity index is 0.000000228. The molecule has 1 saturated carbocycles. The number of benzene rings is 1. The molecule has 3 saturated heterocycles. The number of ether oxygens (including phenoxy) is 2. The molecule has 3 aliphatic heterocycles. The van der Waals surface area contributed by atoms with E-state index >= 15 is 0 Å². The summed E-state index contributed by atoms with van der Waals surface area (Å²) in [4.78, 5) is 73.3. The Hall–Kier alpha value is -8.27. The number of piperazine rings is 2. The summed E-state index contributed by atoms with van der Waals surface area (Å²) in [5.41, 5.74) is 5.71. The maximum absolute atomic E-state index is 13.4. The lowest BCUT2D eigenvalue weighted by atomic mass is 9.85. The molecule has 5 amide bonds. The first kappa shape index (κ1) is 49.0. The fraction of sp³-hybridized carbons (Fsp3) is 0.415. The van der Waals surface area contributed by atoms with Crippen molar-refractivity contribution in [3.05, 3.63) is 104 Å². The molecule has 10 heterocycles. The molecule has 22 heteroatoms. The lowest BCUT2D eigenvalue weighted by Gasteiger charge is -2.39. The van der Waals surface area contributed by atoms with Gasteiger partial charge >= 0.3 is 12.1 Å². The molecule has 0 spiro atoms. The monoisotopic (exact) mass is 1020 g/mol. The van der Waals surface area contributed by atoms with Gasteiger partial charge in [-0.25, -0.2) is 24.5 Å². The second-order valence-corrected chi connectivity index (χ2v) is 20.6. The quantitative estimate of drug-likeness (QED) is 0.161. The standard InChI is InChI=1S/C37H40N12O4.C16H22N4O2/c1-53-31-19-28-25(18-27(31)35(51)41-33-21-38-32-5-2-11-40-49(32)33)23-48(43-28)26-8-6-24(7-9-26)22-44-14-16-45(17-15-44)29-4-3-12-46-30(29)20-39-36(46)47-13-10-34(50)42-37(47)52;1-16(2,3)22-15(21)19-9-7-18(8-10-19)13-5-4-6-20-12-17-11-14(13)20/h2-5,11-12,18-21,23-24,26H,6-10,13-17,22H2,1H3,(H,41,51)(H,42,50,52);4-6,11-12H,7-10H2,1-3H3. The molecule has 0 unspecified atom stereocenters. The fourth-order valence-electron chi connectivity index (χ4n) is 10.7. The number of methoxy groups -OCH3 is 1. The van der Waals surface area contributed by atoms with Crippen LogP contribution < -0.4 is 30.1 Å². The summed E-state index contributed by atoms with van der Waals surface area (Å²) in [6.45, 7) is 13.8. The molecule has 0 atom stereocenters. The minimum Gasteiger partial charge on any atom is -0.496 e. The molecule has 22 nitrogen and oxygen atoms in total. The van der Waals surface area contributed by atoms with Gasteiger partial charge in [0.05, 0.1) is 71.6 Å². The van der Waals surface area contributed by atoms with E-state index in [4.69, 9.17) is 14.6 Å². The van der Waals surface area contributed by atoms with Gasteiger partial charge in [-0.3, -0.25) is 33.8 Å². The first-order valence-corrected chi connectivity index (χ1v) is 25.7. The number of imide groups is 1. The summed E-state index contributed by atoms with van der Waals surface area (Å²) in [6.07, 6.45) is 19.1. The summed E-state index contributed by atoms with van der Waals surface area (Å²) >= 11 is 0. The Kier molecular flexibility index (Phi) is 13.4. The number of imidazole rings is 3. The molecule has 390 valence electrons. The number of amides is 5. The van der Waals surface area contributed by atoms with Gasteiger partial charge in [0.25, 0.3) is 5.91 Å². The second-order valence-electron chi connectivity index (χ2n) is 20.6. The van der Waals surface area contributed by atoms with Crippen LogP contribution in [-0.2, 0) is 9.53 Å². The summed E-state index contributed by atoms with van der Waals surface area (Å²) in [5.74, 6) is 1.54. The number of fused-ring (bicyclic) bond motifs is 4. The molecule has 7 aromatic heterocycles. The number of hydrogen-bond acceptors (Lipinski definition) is 14. The van der Waals surface area contributed by atoms with Crippen LogP contribution in [0.25, 0.3) is 27.6 Å². The molecular weight excluding hydrogens is 957 g/mol. The molecule has 75 heavy (non-hydrogen) atoms. The van der Waals surface area contributed by atoms with Crippen molar-refractivity contribution in [3.63, 3.8) is 0 Å². The number of carbonyl (C=O) groups is 4. The van der Waals surface area contributed by atoms with Gasteiger partial charge in [-0.2, -0.15) is 14.7 Å². The predicted octanol–water partition coefficient (Wildman–Crippen LogP) is 6.38. The number of hydrogen-bond donors (Lipinski definition) is 2. The topological polar surface area (TPSA) is 210 Å². The summed E-state index contributed by atoms with van der Waals surface area (Å²) in [6, 6.07) is 15.4. The maximum atomic E-state index is 13.4. The van der Waals surface area contributed by atoms with E-state index in [0.717, 1.165) is 105 Å². The third-order valence-electron chi connectivity index (χ3n) is 14.6. The van der Waals surface area contributed by atoms with Gasteiger partial charge in [0.15, 0.2) is 11.5 Å². The van der Waals surface area contributed by atoms with Crippen LogP contribution in [0.2, 0.25) is 0 Å². The molecule has 0 bridgehead atoms. The number of rotatable bonds is 9. The Morgan fingerprint density at radius 1 is 0.827 bits per heavy atom. The van der Waals surface area contributed by atoms with E-state index in [2.05, 4.69) is 68.4 Å². The van der Waals surface area contributed by atoms with Crippen LogP contribution in [-0.4, -0.2) is 155 Å². The Morgan fingerprint density at radius 3 is 2.32 bits per heavy atom. The zero-order valence-electron chi connectivity index (χ0n) is 42.7. The second kappa shape index (κ2) is 20.6. The number of nitrogens with zero attached hydrogens (tertiary/aromatic N) is 14. The molecule has 12 rings (SSSR count). The molecule has 1 aromatic carbocycles. The summed E-state index contributed by atoms with van der Waals surface area (Å²) < 4.78 is 18.7. The van der Waals surface area contributed by atoms with Crippen molar-refractivity contribution in [2.24, 2.45) is 5.92 Å². The average Bonchev–Trinajstić information content (AvgIpc) is 4.25. The molecule has 4 fully saturated rings. The van der Waals surface area contributed by atoms with Crippen molar-refractivity contribution in [1.29, 1.82) is 0 Å². The third kappa shape index (κ3) is 10.3. The van der Waals surface area contributed by atoms with E-state index in [1.54, 1.807) is 41.3 Å². The zero-order chi connectivity index (χ0) is 51.8. The van der Waals surface area contributed by atoms with Gasteiger partial charge in [-0.15, -0.1) is 0 Å². The number of nitrogens with one attached hydrogen (secondary N) is 2. The van der Waals surface area contributed by atoms with Crippen LogP contribution in [0.15, 0.2) is 98.2 Å². The van der Waals surface area contributed by atoms with Gasteiger partial charge in [0.1, 0.15) is 11.4 Å². The maximum Gasteiger partial charge on any atom is 0.410 e. The lowest BCUT2D eigenvalue weighted by Crippen LogP contribution is -2.50. The van der Waals surface area contributed by atoms with Crippen LogP contribution in [0.5, 0.6) is 5.75 Å². The molecule has 0 radical (unpaired) electrons. The van der Waals surface area contributed by atoms with Gasteiger partial charge in [-0.1, -0.05) is 0 Å². The van der Waals surface area contributed by atoms with Gasteiger partial charge in [-0.05, 0) is 94.8 Å². The highest BCUT2D eigenvalue weighted by atomic mass is 16.6. The third-order valence-corrected chi connectivity index (χ3v) is 14.6. The Morgan fingerprint density at radius 2 is 1.57 bits per heavy atom. The van der Waals surface area contributed by atoms with Crippen LogP contribution in [0.3, 0.4) is 0 Å². The molecule has 1 aliphatic carbocycles. The van der Waals surface area contributed by atoms with E-state index in [1.807, 2.05) is 84.7 Å². The van der Waals surface area contributed by atoms with E-state index in [1.165, 1.54) is 4.90 Å². The fourth-order valence-corrected chi connectivity index (χ4v) is 10.7. The highest BCUT2D eigenvalue weighted by molar-refractivity contribution is 6.08. The number of carbonyl (C=O) groups excluding carboxylic acids is 4. The van der Waals surface area contributed by atoms with Gasteiger partial charge < -0.3 is 33.9 Å². The van der Waals surface area contributed by atoms with Crippen LogP contribution in [0.4, 0.5) is 32.7 Å². The van der Waals surface area contributed by atoms with Crippen molar-refractivity contribution in [1.82, 2.24) is 58.3 Å². The van der Waals surface area contributed by atoms with Crippen molar-refractivity contribution < 1.29 is 28.7 Å². The van der Waals surface area contributed by atoms with E-state index in [9.17, 15) is 19.2 Å². The minimum atomic E-state index is -0.447. The van der Waals surface area contributed by atoms with E-state index in [0.29, 0.717) is 60.3 Å². The van der Waals surface area contributed by atoms with Gasteiger partial charge in [0.2, 0.25) is 11.9 Å². The minimum absolute atomic E-state index is 0.227. The summed E-state index contributed by atoms with van der Waals surface area (Å²) in [7, 11) is 1.56. The van der Waals surface area contributed by atoms with E-state index < -0.39 is 11.6 Å². The highest BCUT2D eigenvalue weighted by Gasteiger charge is 2.31. The number of pyridine rings is 2. The lowest BCUT2D eigenvalue weighted by molar-refractivity contribution is -0.120. The van der Waals surface area contributed by atoms with Gasteiger partial charge in [0, 0.05) is 108 Å². The smallest absolute Gasteiger partial charge is 0.410 e. The predicted molar refractivity (Wildman–Crippen MR) is 283 cm³/mol. The van der Waals surface area contributed by atoms with Crippen LogP contribution in [0.1, 0.15) is 69.3 Å².